The second-order valence-corrected chi connectivity index (χ2v) is 7.31. The van der Waals surface area contributed by atoms with Crippen molar-refractivity contribution >= 4 is 29.3 Å². The number of thioether (sulfide) groups is 1. The summed E-state index contributed by atoms with van der Waals surface area (Å²) < 4.78 is 19.1. The third kappa shape index (κ3) is 4.10. The Kier molecular flexibility index (Phi) is 5.86. The number of hydrogen-bond donors (Lipinski definition) is 0. The molecule has 1 fully saturated rings. The maximum absolute atomic E-state index is 13.4. The van der Waals surface area contributed by atoms with Gasteiger partial charge in [0.15, 0.2) is 0 Å². The Morgan fingerprint density at radius 1 is 1.32 bits per heavy atom. The van der Waals surface area contributed by atoms with Crippen LogP contribution in [-0.4, -0.2) is 23.2 Å². The normalized spacial score (nSPS) is 17.6. The number of amides is 1. The summed E-state index contributed by atoms with van der Waals surface area (Å²) in [5.74, 6) is 1.18. The average molecular weight is 380 g/mol. The topological polar surface area (TPSA) is 29.5 Å². The van der Waals surface area contributed by atoms with Crippen LogP contribution in [0.3, 0.4) is 0 Å². The Morgan fingerprint density at radius 2 is 2.12 bits per heavy atom. The van der Waals surface area contributed by atoms with Crippen LogP contribution in [0.15, 0.2) is 42.5 Å². The summed E-state index contributed by atoms with van der Waals surface area (Å²) in [5, 5.41) is -0.0614. The molecule has 1 aliphatic heterocycles. The van der Waals surface area contributed by atoms with Crippen LogP contribution in [0, 0.1) is 5.82 Å². The van der Waals surface area contributed by atoms with E-state index in [1.165, 1.54) is 6.07 Å². The number of halogens is 2. The molecule has 132 valence electrons. The van der Waals surface area contributed by atoms with Crippen molar-refractivity contribution in [2.45, 2.75) is 25.3 Å². The fourth-order valence-electron chi connectivity index (χ4n) is 2.86. The van der Waals surface area contributed by atoms with E-state index in [4.69, 9.17) is 16.3 Å². The molecule has 1 saturated heterocycles. The minimum Gasteiger partial charge on any atom is -0.493 e. The van der Waals surface area contributed by atoms with Gasteiger partial charge in [-0.1, -0.05) is 35.9 Å². The van der Waals surface area contributed by atoms with Crippen molar-refractivity contribution < 1.29 is 13.9 Å². The predicted molar refractivity (Wildman–Crippen MR) is 99.4 cm³/mol. The van der Waals surface area contributed by atoms with Gasteiger partial charge in [-0.05, 0) is 30.7 Å². The zero-order valence-electron chi connectivity index (χ0n) is 13.9. The lowest BCUT2D eigenvalue weighted by atomic mass is 10.1. The van der Waals surface area contributed by atoms with Crippen LogP contribution < -0.4 is 4.74 Å². The highest BCUT2D eigenvalue weighted by Crippen LogP contribution is 2.42. The summed E-state index contributed by atoms with van der Waals surface area (Å²) >= 11 is 7.60. The highest BCUT2D eigenvalue weighted by molar-refractivity contribution is 7.99. The summed E-state index contributed by atoms with van der Waals surface area (Å²) in [6.07, 6.45) is 0.493. The second-order valence-electron chi connectivity index (χ2n) is 5.71. The van der Waals surface area contributed by atoms with Crippen molar-refractivity contribution in [3.63, 3.8) is 0 Å². The van der Waals surface area contributed by atoms with E-state index in [2.05, 4.69) is 0 Å². The van der Waals surface area contributed by atoms with Crippen molar-refractivity contribution in [2.75, 3.05) is 12.4 Å². The van der Waals surface area contributed by atoms with E-state index in [0.717, 1.165) is 22.6 Å². The Morgan fingerprint density at radius 3 is 2.88 bits per heavy atom. The molecule has 2 aromatic carbocycles. The first-order valence-electron chi connectivity index (χ1n) is 8.17. The molecule has 0 radical (unpaired) electrons. The first-order valence-corrected chi connectivity index (χ1v) is 9.59. The van der Waals surface area contributed by atoms with Gasteiger partial charge in [-0.3, -0.25) is 4.79 Å². The van der Waals surface area contributed by atoms with Crippen LogP contribution in [0.1, 0.15) is 29.8 Å². The number of nitrogens with zero attached hydrogens (tertiary/aromatic N) is 1. The number of rotatable bonds is 5. The summed E-state index contributed by atoms with van der Waals surface area (Å²) in [5.41, 5.74) is 1.79. The zero-order valence-corrected chi connectivity index (χ0v) is 15.4. The number of para-hydroxylation sites is 1. The van der Waals surface area contributed by atoms with Crippen LogP contribution in [0.5, 0.6) is 5.75 Å². The zero-order chi connectivity index (χ0) is 17.8. The van der Waals surface area contributed by atoms with Crippen LogP contribution in [0.4, 0.5) is 4.39 Å². The lowest BCUT2D eigenvalue weighted by Gasteiger charge is -2.36. The van der Waals surface area contributed by atoms with E-state index in [-0.39, 0.29) is 16.3 Å². The summed E-state index contributed by atoms with van der Waals surface area (Å²) in [6.45, 7) is 2.89. The van der Waals surface area contributed by atoms with E-state index in [0.29, 0.717) is 19.6 Å². The first-order chi connectivity index (χ1) is 12.1. The van der Waals surface area contributed by atoms with Crippen molar-refractivity contribution in [1.29, 1.82) is 0 Å². The lowest BCUT2D eigenvalue weighted by Crippen LogP contribution is -2.36. The SMILES string of the molecule is CCOc1ccccc1C1SCCC(=O)N1Cc1ccc(F)c(Cl)c1. The molecule has 25 heavy (non-hydrogen) atoms. The molecular weight excluding hydrogens is 361 g/mol. The Bertz CT molecular complexity index is 771. The summed E-state index contributed by atoms with van der Waals surface area (Å²) in [7, 11) is 0. The van der Waals surface area contributed by atoms with E-state index >= 15 is 0 Å². The van der Waals surface area contributed by atoms with Crippen LogP contribution in [-0.2, 0) is 11.3 Å². The second kappa shape index (κ2) is 8.11. The molecule has 0 spiro atoms. The standard InChI is InChI=1S/C19H19ClFNO2S/c1-2-24-17-6-4-3-5-14(17)19-22(18(23)9-10-25-19)12-13-7-8-16(21)15(20)11-13/h3-8,11,19H,2,9-10,12H2,1H3. The van der Waals surface area contributed by atoms with Crippen molar-refractivity contribution in [2.24, 2.45) is 0 Å². The highest BCUT2D eigenvalue weighted by atomic mass is 35.5. The van der Waals surface area contributed by atoms with Crippen LogP contribution in [0.2, 0.25) is 5.02 Å². The molecule has 1 aliphatic rings. The monoisotopic (exact) mass is 379 g/mol. The molecule has 1 atom stereocenters. The molecule has 2 aromatic rings. The first kappa shape index (κ1) is 18.1. The third-order valence-corrected chi connectivity index (χ3v) is 5.57. The van der Waals surface area contributed by atoms with Gasteiger partial charge in [0.2, 0.25) is 5.91 Å². The molecule has 3 rings (SSSR count). The van der Waals surface area contributed by atoms with Gasteiger partial charge in [0, 0.05) is 24.3 Å². The molecule has 0 aromatic heterocycles. The van der Waals surface area contributed by atoms with Gasteiger partial charge in [-0.15, -0.1) is 11.8 Å². The predicted octanol–water partition coefficient (Wildman–Crippen LogP) is 5.04. The van der Waals surface area contributed by atoms with Crippen molar-refractivity contribution in [1.82, 2.24) is 4.90 Å². The Hall–Kier alpha value is -1.72. The molecule has 3 nitrogen and oxygen atoms in total. The summed E-state index contributed by atoms with van der Waals surface area (Å²) in [6, 6.07) is 12.4. The molecule has 6 heteroatoms. The number of hydrogen-bond acceptors (Lipinski definition) is 3. The van der Waals surface area contributed by atoms with Crippen molar-refractivity contribution in [3.05, 3.63) is 64.4 Å². The average Bonchev–Trinajstić information content (AvgIpc) is 2.61. The van der Waals surface area contributed by atoms with E-state index in [1.54, 1.807) is 23.9 Å². The minimum absolute atomic E-state index is 0.0703. The lowest BCUT2D eigenvalue weighted by molar-refractivity contribution is -0.132. The number of benzene rings is 2. The van der Waals surface area contributed by atoms with E-state index in [1.807, 2.05) is 36.1 Å². The van der Waals surface area contributed by atoms with Gasteiger partial charge in [0.05, 0.1) is 11.6 Å². The number of carbonyl (C=O) groups excluding carboxylic acids is 1. The van der Waals surface area contributed by atoms with Gasteiger partial charge in [0.1, 0.15) is 16.9 Å². The number of ether oxygens (including phenoxy) is 1. The molecule has 1 heterocycles. The van der Waals surface area contributed by atoms with Gasteiger partial charge < -0.3 is 9.64 Å². The molecule has 0 saturated carbocycles. The quantitative estimate of drug-likeness (QED) is 0.728. The van der Waals surface area contributed by atoms with Gasteiger partial charge >= 0.3 is 0 Å². The Labute approximate surface area is 156 Å². The maximum Gasteiger partial charge on any atom is 0.224 e. The summed E-state index contributed by atoms with van der Waals surface area (Å²) in [4.78, 5) is 14.4. The molecule has 1 unspecified atom stereocenters. The number of carbonyl (C=O) groups is 1. The van der Waals surface area contributed by atoms with Gasteiger partial charge in [-0.2, -0.15) is 0 Å². The van der Waals surface area contributed by atoms with E-state index in [9.17, 15) is 9.18 Å². The van der Waals surface area contributed by atoms with Gasteiger partial charge in [-0.25, -0.2) is 4.39 Å². The molecular formula is C19H19ClFNO2S. The minimum atomic E-state index is -0.456. The molecule has 0 aliphatic carbocycles. The fourth-order valence-corrected chi connectivity index (χ4v) is 4.32. The fraction of sp³-hybridized carbons (Fsp3) is 0.316. The molecule has 0 N–H and O–H groups in total. The largest absolute Gasteiger partial charge is 0.493 e. The van der Waals surface area contributed by atoms with Gasteiger partial charge in [0.25, 0.3) is 0 Å². The third-order valence-electron chi connectivity index (χ3n) is 4.02. The molecule has 1 amide bonds. The van der Waals surface area contributed by atoms with Crippen molar-refractivity contribution in [3.8, 4) is 5.75 Å². The van der Waals surface area contributed by atoms with Crippen LogP contribution >= 0.6 is 23.4 Å². The molecule has 0 bridgehead atoms. The maximum atomic E-state index is 13.4. The van der Waals surface area contributed by atoms with Crippen LogP contribution in [0.25, 0.3) is 0 Å². The Balaban J connectivity index is 1.91. The van der Waals surface area contributed by atoms with E-state index < -0.39 is 5.82 Å². The smallest absolute Gasteiger partial charge is 0.224 e. The highest BCUT2D eigenvalue weighted by Gasteiger charge is 2.31.